The van der Waals surface area contributed by atoms with Crippen molar-refractivity contribution in [3.8, 4) is 0 Å². The van der Waals surface area contributed by atoms with Crippen LogP contribution in [0.4, 0.5) is 26.3 Å². The van der Waals surface area contributed by atoms with E-state index in [1.165, 1.54) is 6.92 Å². The van der Waals surface area contributed by atoms with Crippen LogP contribution in [0.15, 0.2) is 24.3 Å². The van der Waals surface area contributed by atoms with Crippen molar-refractivity contribution in [3.05, 3.63) is 35.4 Å². The van der Waals surface area contributed by atoms with Crippen LogP contribution in [0.2, 0.25) is 0 Å². The lowest BCUT2D eigenvalue weighted by atomic mass is 9.98. The number of carbonyl (C=O) groups is 1. The number of benzene rings is 1. The number of aliphatic hydroxyl groups is 1. The van der Waals surface area contributed by atoms with Gasteiger partial charge in [-0.3, -0.25) is 4.79 Å². The third-order valence-electron chi connectivity index (χ3n) is 2.88. The molecule has 1 rings (SSSR count). The molecule has 0 radical (unpaired) electrons. The molecule has 0 fully saturated rings. The molecule has 22 heavy (non-hydrogen) atoms. The van der Waals surface area contributed by atoms with E-state index < -0.39 is 35.6 Å². The lowest BCUT2D eigenvalue weighted by molar-refractivity contribution is -0.390. The largest absolute Gasteiger partial charge is 0.458 e. The van der Waals surface area contributed by atoms with Gasteiger partial charge in [0.1, 0.15) is 6.10 Å². The van der Waals surface area contributed by atoms with Gasteiger partial charge in [0.15, 0.2) is 0 Å². The van der Waals surface area contributed by atoms with Gasteiger partial charge in [0.2, 0.25) is 0 Å². The van der Waals surface area contributed by atoms with Crippen molar-refractivity contribution in [1.29, 1.82) is 0 Å². The predicted molar refractivity (Wildman–Crippen MR) is 62.6 cm³/mol. The van der Waals surface area contributed by atoms with Crippen LogP contribution in [0.5, 0.6) is 0 Å². The summed E-state index contributed by atoms with van der Waals surface area (Å²) >= 11 is 0. The minimum absolute atomic E-state index is 0.212. The molecule has 1 N–H and O–H groups in total. The molecule has 0 aliphatic rings. The zero-order chi connectivity index (χ0) is 17.3. The monoisotopic (exact) mass is 330 g/mol. The van der Waals surface area contributed by atoms with Crippen molar-refractivity contribution < 1.29 is 41.0 Å². The Balaban J connectivity index is 3.11. The highest BCUT2D eigenvalue weighted by atomic mass is 19.4. The molecule has 0 saturated carbocycles. The second-order valence-corrected chi connectivity index (χ2v) is 4.57. The summed E-state index contributed by atoms with van der Waals surface area (Å²) in [6.07, 6.45) is -6.99. The highest BCUT2D eigenvalue weighted by molar-refractivity contribution is 5.66. The fourth-order valence-corrected chi connectivity index (χ4v) is 1.65. The second kappa shape index (κ2) is 5.79. The predicted octanol–water partition coefficient (Wildman–Crippen LogP) is 3.62. The van der Waals surface area contributed by atoms with Gasteiger partial charge in [-0.15, -0.1) is 0 Å². The summed E-state index contributed by atoms with van der Waals surface area (Å²) in [5, 5.41) is 8.52. The van der Waals surface area contributed by atoms with Crippen molar-refractivity contribution in [3.63, 3.8) is 0 Å². The van der Waals surface area contributed by atoms with Crippen LogP contribution in [0, 0.1) is 0 Å². The Bertz CT molecular complexity index is 536. The molecule has 0 bridgehead atoms. The highest BCUT2D eigenvalue weighted by Crippen LogP contribution is 2.49. The van der Waals surface area contributed by atoms with Crippen molar-refractivity contribution in [2.45, 2.75) is 37.9 Å². The van der Waals surface area contributed by atoms with Gasteiger partial charge >= 0.3 is 23.9 Å². The van der Waals surface area contributed by atoms with Crippen LogP contribution in [0.1, 0.15) is 31.1 Å². The van der Waals surface area contributed by atoms with Gasteiger partial charge in [0.05, 0.1) is 0 Å². The van der Waals surface area contributed by atoms with Crippen LogP contribution in [-0.4, -0.2) is 23.1 Å². The van der Waals surface area contributed by atoms with Gasteiger partial charge in [-0.1, -0.05) is 24.3 Å². The lowest BCUT2D eigenvalue weighted by Crippen LogP contribution is -2.53. The first-order valence-corrected chi connectivity index (χ1v) is 5.94. The van der Waals surface area contributed by atoms with Gasteiger partial charge in [0.25, 0.3) is 0 Å². The SMILES string of the molecule is CC(=O)OC(C)c1ccc(C(F)(F)C(O)(F)C(F)(F)F)cc1. The number of ether oxygens (including phenoxy) is 1. The maximum Gasteiger partial charge on any atom is 0.455 e. The van der Waals surface area contributed by atoms with Crippen LogP contribution in [0.3, 0.4) is 0 Å². The van der Waals surface area contributed by atoms with E-state index in [9.17, 15) is 31.1 Å². The molecule has 0 aromatic heterocycles. The first-order chi connectivity index (χ1) is 9.80. The molecule has 0 saturated heterocycles. The first kappa shape index (κ1) is 18.3. The standard InChI is InChI=1S/C13H12F6O3/c1-7(22-8(2)20)9-3-5-10(6-4-9)11(14,15)12(16,21)13(17,18)19/h3-7,21H,1-2H3. The van der Waals surface area contributed by atoms with Crippen molar-refractivity contribution >= 4 is 5.97 Å². The fourth-order valence-electron chi connectivity index (χ4n) is 1.65. The molecule has 2 unspecified atom stereocenters. The second-order valence-electron chi connectivity index (χ2n) is 4.57. The Morgan fingerprint density at radius 1 is 1.09 bits per heavy atom. The van der Waals surface area contributed by atoms with Crippen molar-refractivity contribution in [2.24, 2.45) is 0 Å². The number of halogens is 6. The average molecular weight is 330 g/mol. The summed E-state index contributed by atoms with van der Waals surface area (Å²) in [6.45, 7) is 2.53. The summed E-state index contributed by atoms with van der Waals surface area (Å²) in [6, 6.07) is 2.93. The molecular formula is C13H12F6O3. The maximum absolute atomic E-state index is 13.5. The van der Waals surface area contributed by atoms with Crippen LogP contribution >= 0.6 is 0 Å². The molecule has 0 aliphatic carbocycles. The first-order valence-electron chi connectivity index (χ1n) is 5.94. The normalized spacial score (nSPS) is 16.8. The zero-order valence-electron chi connectivity index (χ0n) is 11.4. The van der Waals surface area contributed by atoms with Gasteiger partial charge in [0, 0.05) is 12.5 Å². The van der Waals surface area contributed by atoms with E-state index in [-0.39, 0.29) is 5.56 Å². The molecule has 0 heterocycles. The minimum Gasteiger partial charge on any atom is -0.458 e. The summed E-state index contributed by atoms with van der Waals surface area (Å²) in [5.41, 5.74) is -1.15. The summed E-state index contributed by atoms with van der Waals surface area (Å²) in [7, 11) is 0. The number of hydrogen-bond donors (Lipinski definition) is 1. The Hall–Kier alpha value is -1.77. The van der Waals surface area contributed by atoms with Crippen LogP contribution in [-0.2, 0) is 15.5 Å². The number of alkyl halides is 6. The molecule has 3 nitrogen and oxygen atoms in total. The van der Waals surface area contributed by atoms with Crippen LogP contribution < -0.4 is 0 Å². The molecule has 0 aliphatic heterocycles. The smallest absolute Gasteiger partial charge is 0.455 e. The average Bonchev–Trinajstić information content (AvgIpc) is 2.36. The number of carbonyl (C=O) groups excluding carboxylic acids is 1. The molecule has 2 atom stereocenters. The lowest BCUT2D eigenvalue weighted by Gasteiger charge is -2.30. The molecule has 0 amide bonds. The Morgan fingerprint density at radius 3 is 1.91 bits per heavy atom. The van der Waals surface area contributed by atoms with Crippen molar-refractivity contribution in [2.75, 3.05) is 0 Å². The fraction of sp³-hybridized carbons (Fsp3) is 0.462. The van der Waals surface area contributed by atoms with Gasteiger partial charge in [-0.05, 0) is 12.5 Å². The third-order valence-corrected chi connectivity index (χ3v) is 2.88. The van der Waals surface area contributed by atoms with Crippen molar-refractivity contribution in [1.82, 2.24) is 0 Å². The zero-order valence-corrected chi connectivity index (χ0v) is 11.4. The maximum atomic E-state index is 13.5. The van der Waals surface area contributed by atoms with E-state index in [2.05, 4.69) is 0 Å². The number of hydrogen-bond acceptors (Lipinski definition) is 3. The Kier molecular flexibility index (Phi) is 4.81. The molecule has 1 aromatic carbocycles. The highest BCUT2D eigenvalue weighted by Gasteiger charge is 2.71. The molecule has 124 valence electrons. The summed E-state index contributed by atoms with van der Waals surface area (Å²) in [4.78, 5) is 10.7. The quantitative estimate of drug-likeness (QED) is 0.677. The van der Waals surface area contributed by atoms with E-state index in [0.29, 0.717) is 12.1 Å². The van der Waals surface area contributed by atoms with E-state index in [1.807, 2.05) is 0 Å². The van der Waals surface area contributed by atoms with E-state index in [0.717, 1.165) is 19.1 Å². The molecular weight excluding hydrogens is 318 g/mol. The minimum atomic E-state index is -6.17. The summed E-state index contributed by atoms with van der Waals surface area (Å²) in [5.74, 6) is -11.5. The van der Waals surface area contributed by atoms with E-state index in [4.69, 9.17) is 9.84 Å². The molecule has 0 spiro atoms. The number of rotatable bonds is 4. The molecule has 1 aromatic rings. The van der Waals surface area contributed by atoms with Crippen LogP contribution in [0.25, 0.3) is 0 Å². The van der Waals surface area contributed by atoms with Gasteiger partial charge < -0.3 is 9.84 Å². The Morgan fingerprint density at radius 2 is 1.55 bits per heavy atom. The van der Waals surface area contributed by atoms with Gasteiger partial charge in [-0.25, -0.2) is 0 Å². The summed E-state index contributed by atoms with van der Waals surface area (Å²) < 4.78 is 81.6. The topological polar surface area (TPSA) is 46.5 Å². The Labute approximate surface area is 121 Å². The van der Waals surface area contributed by atoms with E-state index in [1.54, 1.807) is 0 Å². The number of esters is 1. The molecule has 9 heteroatoms. The van der Waals surface area contributed by atoms with E-state index >= 15 is 0 Å². The third kappa shape index (κ3) is 3.34. The van der Waals surface area contributed by atoms with Gasteiger partial charge in [-0.2, -0.15) is 26.3 Å².